The summed E-state index contributed by atoms with van der Waals surface area (Å²) in [6.07, 6.45) is 9.63. The number of hydrogen-bond donors (Lipinski definition) is 0. The van der Waals surface area contributed by atoms with Gasteiger partial charge in [-0.2, -0.15) is 0 Å². The molecule has 13 heavy (non-hydrogen) atoms. The predicted octanol–water partition coefficient (Wildman–Crippen LogP) is 2.05. The first-order chi connectivity index (χ1) is 6.31. The summed E-state index contributed by atoms with van der Waals surface area (Å²) in [6, 6.07) is 0. The Balaban J connectivity index is 1.99. The molecule has 3 rings (SSSR count). The summed E-state index contributed by atoms with van der Waals surface area (Å²) < 4.78 is 5.59. The van der Waals surface area contributed by atoms with Crippen LogP contribution in [0.25, 0.3) is 0 Å². The molecular formula is C11H14O2. The zero-order chi connectivity index (χ0) is 8.89. The van der Waals surface area contributed by atoms with Gasteiger partial charge < -0.3 is 4.74 Å². The van der Waals surface area contributed by atoms with Crippen LogP contribution in [0, 0.1) is 11.8 Å². The standard InChI is InChI=1S/C11H14O2/c12-10-7-9-5-4-8-3-1-2-6-11(8,9)13-10/h1-2,8-9H,3-7H2. The average Bonchev–Trinajstić information content (AvgIpc) is 2.57. The van der Waals surface area contributed by atoms with Crippen LogP contribution in [0.1, 0.15) is 32.1 Å². The van der Waals surface area contributed by atoms with Crippen molar-refractivity contribution in [2.75, 3.05) is 0 Å². The number of hydrogen-bond acceptors (Lipinski definition) is 2. The van der Waals surface area contributed by atoms with Crippen molar-refractivity contribution in [2.24, 2.45) is 11.8 Å². The molecule has 0 N–H and O–H groups in total. The van der Waals surface area contributed by atoms with Gasteiger partial charge in [0.2, 0.25) is 0 Å². The van der Waals surface area contributed by atoms with Crippen LogP contribution in [0.5, 0.6) is 0 Å². The Morgan fingerprint density at radius 1 is 1.31 bits per heavy atom. The van der Waals surface area contributed by atoms with E-state index < -0.39 is 0 Å². The summed E-state index contributed by atoms with van der Waals surface area (Å²) >= 11 is 0. The lowest BCUT2D eigenvalue weighted by Crippen LogP contribution is -2.39. The van der Waals surface area contributed by atoms with Gasteiger partial charge in [-0.15, -0.1) is 0 Å². The maximum Gasteiger partial charge on any atom is 0.306 e. The maximum absolute atomic E-state index is 11.3. The Morgan fingerprint density at radius 2 is 2.15 bits per heavy atom. The van der Waals surface area contributed by atoms with E-state index in [-0.39, 0.29) is 11.6 Å². The zero-order valence-corrected chi connectivity index (χ0v) is 7.66. The Labute approximate surface area is 78.0 Å². The van der Waals surface area contributed by atoms with Crippen LogP contribution in [-0.2, 0) is 9.53 Å². The van der Waals surface area contributed by atoms with Crippen LogP contribution in [0.4, 0.5) is 0 Å². The molecule has 2 heteroatoms. The van der Waals surface area contributed by atoms with Gasteiger partial charge in [0.15, 0.2) is 0 Å². The van der Waals surface area contributed by atoms with Crippen molar-refractivity contribution in [1.29, 1.82) is 0 Å². The molecular weight excluding hydrogens is 164 g/mol. The van der Waals surface area contributed by atoms with Gasteiger partial charge in [0.1, 0.15) is 5.60 Å². The van der Waals surface area contributed by atoms with Crippen molar-refractivity contribution in [3.63, 3.8) is 0 Å². The molecule has 1 heterocycles. The molecule has 1 saturated carbocycles. The van der Waals surface area contributed by atoms with Crippen LogP contribution >= 0.6 is 0 Å². The highest BCUT2D eigenvalue weighted by atomic mass is 16.6. The average molecular weight is 178 g/mol. The van der Waals surface area contributed by atoms with Crippen LogP contribution in [0.2, 0.25) is 0 Å². The van der Waals surface area contributed by atoms with Gasteiger partial charge in [0.05, 0.1) is 6.42 Å². The number of rotatable bonds is 0. The van der Waals surface area contributed by atoms with Crippen LogP contribution in [0.15, 0.2) is 12.2 Å². The van der Waals surface area contributed by atoms with Gasteiger partial charge in [-0.3, -0.25) is 4.79 Å². The molecule has 0 bridgehead atoms. The smallest absolute Gasteiger partial charge is 0.306 e. The highest BCUT2D eigenvalue weighted by molar-refractivity contribution is 5.73. The van der Waals surface area contributed by atoms with Crippen molar-refractivity contribution in [3.05, 3.63) is 12.2 Å². The summed E-state index contributed by atoms with van der Waals surface area (Å²) in [5, 5.41) is 0. The molecule has 1 spiro atoms. The topological polar surface area (TPSA) is 26.3 Å². The molecule has 2 aliphatic carbocycles. The first-order valence-electron chi connectivity index (χ1n) is 5.18. The third kappa shape index (κ3) is 0.862. The maximum atomic E-state index is 11.3. The fourth-order valence-electron chi connectivity index (χ4n) is 3.34. The van der Waals surface area contributed by atoms with Gasteiger partial charge in [-0.05, 0) is 19.3 Å². The van der Waals surface area contributed by atoms with Crippen molar-refractivity contribution in [3.8, 4) is 0 Å². The fourth-order valence-corrected chi connectivity index (χ4v) is 3.34. The van der Waals surface area contributed by atoms with Gasteiger partial charge in [-0.25, -0.2) is 0 Å². The van der Waals surface area contributed by atoms with E-state index in [0.29, 0.717) is 18.3 Å². The quantitative estimate of drug-likeness (QED) is 0.419. The molecule has 0 aromatic rings. The Morgan fingerprint density at radius 3 is 3.08 bits per heavy atom. The second kappa shape index (κ2) is 2.37. The van der Waals surface area contributed by atoms with Gasteiger partial charge >= 0.3 is 5.97 Å². The van der Waals surface area contributed by atoms with Crippen molar-refractivity contribution >= 4 is 5.97 Å². The third-order valence-corrected chi connectivity index (χ3v) is 3.99. The second-order valence-corrected chi connectivity index (χ2v) is 4.52. The molecule has 0 aromatic heterocycles. The van der Waals surface area contributed by atoms with E-state index in [0.717, 1.165) is 12.8 Å². The number of esters is 1. The zero-order valence-electron chi connectivity index (χ0n) is 7.66. The molecule has 70 valence electrons. The van der Waals surface area contributed by atoms with Gasteiger partial charge in [0, 0.05) is 18.3 Å². The molecule has 1 aliphatic heterocycles. The minimum Gasteiger partial charge on any atom is -0.458 e. The van der Waals surface area contributed by atoms with Gasteiger partial charge in [-0.1, -0.05) is 12.2 Å². The Hall–Kier alpha value is -0.790. The lowest BCUT2D eigenvalue weighted by Gasteiger charge is -2.35. The first kappa shape index (κ1) is 7.60. The minimum absolute atomic E-state index is 0.0324. The number of allylic oxidation sites excluding steroid dienone is 1. The molecule has 0 radical (unpaired) electrons. The van der Waals surface area contributed by atoms with Crippen molar-refractivity contribution in [1.82, 2.24) is 0 Å². The Bertz CT molecular complexity index is 278. The summed E-state index contributed by atoms with van der Waals surface area (Å²) in [4.78, 5) is 11.3. The van der Waals surface area contributed by atoms with E-state index in [1.165, 1.54) is 12.8 Å². The summed E-state index contributed by atoms with van der Waals surface area (Å²) in [5.41, 5.74) is -0.0637. The SMILES string of the molecule is O=C1CC2CCC3CC=CCC32O1. The number of ether oxygens (including phenoxy) is 1. The highest BCUT2D eigenvalue weighted by Crippen LogP contribution is 2.54. The Kier molecular flexibility index (Phi) is 1.38. The summed E-state index contributed by atoms with van der Waals surface area (Å²) in [5.74, 6) is 1.17. The van der Waals surface area contributed by atoms with Crippen molar-refractivity contribution in [2.45, 2.75) is 37.7 Å². The van der Waals surface area contributed by atoms with Crippen molar-refractivity contribution < 1.29 is 9.53 Å². The largest absolute Gasteiger partial charge is 0.458 e. The minimum atomic E-state index is -0.0637. The first-order valence-corrected chi connectivity index (χ1v) is 5.18. The molecule has 3 unspecified atom stereocenters. The summed E-state index contributed by atoms with van der Waals surface area (Å²) in [6.45, 7) is 0. The summed E-state index contributed by atoms with van der Waals surface area (Å²) in [7, 11) is 0. The third-order valence-electron chi connectivity index (χ3n) is 3.99. The molecule has 1 saturated heterocycles. The second-order valence-electron chi connectivity index (χ2n) is 4.52. The van der Waals surface area contributed by atoms with Crippen LogP contribution in [0.3, 0.4) is 0 Å². The number of carbonyl (C=O) groups is 1. The van der Waals surface area contributed by atoms with E-state index in [1.807, 2.05) is 0 Å². The lowest BCUT2D eigenvalue weighted by molar-refractivity contribution is -0.152. The van der Waals surface area contributed by atoms with E-state index in [4.69, 9.17) is 4.74 Å². The number of carbonyl (C=O) groups excluding carboxylic acids is 1. The molecule has 0 amide bonds. The monoisotopic (exact) mass is 178 g/mol. The molecule has 3 aliphatic rings. The molecule has 2 nitrogen and oxygen atoms in total. The molecule has 0 aromatic carbocycles. The van der Waals surface area contributed by atoms with E-state index in [2.05, 4.69) is 12.2 Å². The van der Waals surface area contributed by atoms with Crippen LogP contribution < -0.4 is 0 Å². The predicted molar refractivity (Wildman–Crippen MR) is 48.0 cm³/mol. The molecule has 2 fully saturated rings. The van der Waals surface area contributed by atoms with E-state index >= 15 is 0 Å². The van der Waals surface area contributed by atoms with Gasteiger partial charge in [0.25, 0.3) is 0 Å². The normalized spacial score (nSPS) is 47.2. The fraction of sp³-hybridized carbons (Fsp3) is 0.727. The molecule has 3 atom stereocenters. The van der Waals surface area contributed by atoms with E-state index in [1.54, 1.807) is 0 Å². The lowest BCUT2D eigenvalue weighted by atomic mass is 9.77. The van der Waals surface area contributed by atoms with Crippen LogP contribution in [-0.4, -0.2) is 11.6 Å². The highest BCUT2D eigenvalue weighted by Gasteiger charge is 2.57. The van der Waals surface area contributed by atoms with E-state index in [9.17, 15) is 4.79 Å².